The van der Waals surface area contributed by atoms with E-state index in [1.54, 1.807) is 6.07 Å². The number of benzene rings is 2. The van der Waals surface area contributed by atoms with Gasteiger partial charge < -0.3 is 10.1 Å². The van der Waals surface area contributed by atoms with Gasteiger partial charge in [-0.3, -0.25) is 9.10 Å². The van der Waals surface area contributed by atoms with Crippen LogP contribution in [0.25, 0.3) is 0 Å². The Bertz CT molecular complexity index is 951. The summed E-state index contributed by atoms with van der Waals surface area (Å²) in [5, 5.41) is 2.86. The van der Waals surface area contributed by atoms with Gasteiger partial charge in [0.15, 0.2) is 0 Å². The monoisotopic (exact) mass is 430 g/mol. The Labute approximate surface area is 179 Å². The molecule has 0 aromatic heterocycles. The van der Waals surface area contributed by atoms with Crippen molar-refractivity contribution in [1.29, 1.82) is 0 Å². The molecule has 0 radical (unpaired) electrons. The van der Waals surface area contributed by atoms with E-state index in [1.165, 1.54) is 23.4 Å². The second-order valence-corrected chi connectivity index (χ2v) is 9.78. The molecule has 1 amide bonds. The number of hydrogen-bond donors (Lipinski definition) is 1. The number of aryl methyl sites for hydroxylation is 1. The largest absolute Gasteiger partial charge is 0.490 e. The van der Waals surface area contributed by atoms with Gasteiger partial charge in [-0.25, -0.2) is 8.42 Å². The van der Waals surface area contributed by atoms with Gasteiger partial charge in [0, 0.05) is 18.7 Å². The van der Waals surface area contributed by atoms with Gasteiger partial charge in [0.05, 0.1) is 18.0 Å². The lowest BCUT2D eigenvalue weighted by Crippen LogP contribution is -2.31. The summed E-state index contributed by atoms with van der Waals surface area (Å²) in [4.78, 5) is 12.3. The Morgan fingerprint density at radius 3 is 2.47 bits per heavy atom. The fourth-order valence-corrected chi connectivity index (χ4v) is 4.65. The molecule has 0 heterocycles. The number of sulfonamides is 1. The molecule has 0 atom stereocenters. The van der Waals surface area contributed by atoms with E-state index < -0.39 is 10.0 Å². The number of nitrogens with zero attached hydrogens (tertiary/aromatic N) is 1. The number of ether oxygens (including phenoxy) is 1. The third-order valence-corrected chi connectivity index (χ3v) is 6.39. The van der Waals surface area contributed by atoms with Crippen LogP contribution in [0, 0.1) is 6.92 Å². The van der Waals surface area contributed by atoms with E-state index in [-0.39, 0.29) is 18.9 Å². The number of carbonyl (C=O) groups is 1. The molecule has 0 spiro atoms. The molecule has 1 N–H and O–H groups in total. The maximum Gasteiger partial charge on any atom is 0.232 e. The molecule has 7 heteroatoms. The molecule has 3 rings (SSSR count). The Balaban J connectivity index is 1.49. The van der Waals surface area contributed by atoms with Gasteiger partial charge in [0.1, 0.15) is 5.75 Å². The summed E-state index contributed by atoms with van der Waals surface area (Å²) in [5.41, 5.74) is 2.31. The van der Waals surface area contributed by atoms with Gasteiger partial charge in [-0.1, -0.05) is 12.1 Å². The summed E-state index contributed by atoms with van der Waals surface area (Å²) in [7, 11) is -3.42. The van der Waals surface area contributed by atoms with E-state index >= 15 is 0 Å². The van der Waals surface area contributed by atoms with E-state index in [2.05, 4.69) is 5.32 Å². The van der Waals surface area contributed by atoms with Crippen LogP contribution in [0.15, 0.2) is 48.5 Å². The lowest BCUT2D eigenvalue weighted by molar-refractivity contribution is -0.116. The van der Waals surface area contributed by atoms with Crippen LogP contribution in [0.4, 0.5) is 11.4 Å². The molecule has 0 saturated heterocycles. The van der Waals surface area contributed by atoms with Gasteiger partial charge in [-0.2, -0.15) is 0 Å². The van der Waals surface area contributed by atoms with E-state index in [0.29, 0.717) is 23.9 Å². The molecule has 0 aliphatic heterocycles. The van der Waals surface area contributed by atoms with E-state index in [4.69, 9.17) is 4.74 Å². The smallest absolute Gasteiger partial charge is 0.232 e. The van der Waals surface area contributed by atoms with Crippen LogP contribution in [-0.2, 0) is 14.8 Å². The third-order valence-electron chi connectivity index (χ3n) is 5.20. The average molecular weight is 431 g/mol. The zero-order chi connectivity index (χ0) is 21.6. The van der Waals surface area contributed by atoms with E-state index in [0.717, 1.165) is 24.2 Å². The van der Waals surface area contributed by atoms with Crippen LogP contribution >= 0.6 is 0 Å². The molecular weight excluding hydrogens is 400 g/mol. The molecular formula is C23H30N2O4S. The van der Waals surface area contributed by atoms with Gasteiger partial charge in [-0.15, -0.1) is 0 Å². The first kappa shape index (κ1) is 22.2. The van der Waals surface area contributed by atoms with Crippen molar-refractivity contribution >= 4 is 27.3 Å². The van der Waals surface area contributed by atoms with Crippen molar-refractivity contribution in [2.24, 2.45) is 0 Å². The molecule has 6 nitrogen and oxygen atoms in total. The number of nitrogens with one attached hydrogen (secondary N) is 1. The Morgan fingerprint density at radius 2 is 1.83 bits per heavy atom. The highest BCUT2D eigenvalue weighted by atomic mass is 32.2. The number of anilines is 2. The summed E-state index contributed by atoms with van der Waals surface area (Å²) in [6.07, 6.45) is 6.80. The minimum Gasteiger partial charge on any atom is -0.490 e. The summed E-state index contributed by atoms with van der Waals surface area (Å²) >= 11 is 0. The summed E-state index contributed by atoms with van der Waals surface area (Å²) < 4.78 is 31.6. The molecule has 1 aliphatic carbocycles. The van der Waals surface area contributed by atoms with E-state index in [1.807, 2.05) is 49.4 Å². The highest BCUT2D eigenvalue weighted by Crippen LogP contribution is 2.25. The Hall–Kier alpha value is -2.54. The van der Waals surface area contributed by atoms with Crippen LogP contribution in [0.2, 0.25) is 0 Å². The molecule has 2 aromatic carbocycles. The van der Waals surface area contributed by atoms with Crippen molar-refractivity contribution in [2.75, 3.05) is 22.4 Å². The highest BCUT2D eigenvalue weighted by Gasteiger charge is 2.18. The average Bonchev–Trinajstić information content (AvgIpc) is 3.19. The zero-order valence-electron chi connectivity index (χ0n) is 17.6. The first-order valence-electron chi connectivity index (χ1n) is 10.4. The zero-order valence-corrected chi connectivity index (χ0v) is 18.5. The number of amides is 1. The predicted molar refractivity (Wildman–Crippen MR) is 121 cm³/mol. The minimum atomic E-state index is -3.42. The maximum atomic E-state index is 12.3. The lowest BCUT2D eigenvalue weighted by Gasteiger charge is -2.22. The van der Waals surface area contributed by atoms with Crippen molar-refractivity contribution in [1.82, 2.24) is 0 Å². The predicted octanol–water partition coefficient (Wildman–Crippen LogP) is 4.50. The molecule has 0 unspecified atom stereocenters. The van der Waals surface area contributed by atoms with Crippen molar-refractivity contribution in [3.63, 3.8) is 0 Å². The normalized spacial score (nSPS) is 14.5. The fourth-order valence-electron chi connectivity index (χ4n) is 3.69. The standard InChI is InChI=1S/C23H30N2O4S/c1-18-7-5-8-20(17-18)25(30(2,27)28)16-6-11-23(26)24-19-12-14-22(15-13-19)29-21-9-3-4-10-21/h5,7-8,12-15,17,21H,3-4,6,9-11,16H2,1-2H3,(H,24,26). The fraction of sp³-hybridized carbons (Fsp3) is 0.435. The van der Waals surface area contributed by atoms with Gasteiger partial charge in [0.25, 0.3) is 0 Å². The minimum absolute atomic E-state index is 0.142. The van der Waals surface area contributed by atoms with Crippen molar-refractivity contribution in [3.8, 4) is 5.75 Å². The topological polar surface area (TPSA) is 75.7 Å². The lowest BCUT2D eigenvalue weighted by atomic mass is 10.2. The number of rotatable bonds is 9. The summed E-state index contributed by atoms with van der Waals surface area (Å²) in [5.74, 6) is 0.680. The van der Waals surface area contributed by atoms with Gasteiger partial charge in [0.2, 0.25) is 15.9 Å². The van der Waals surface area contributed by atoms with Crippen LogP contribution in [-0.4, -0.2) is 33.2 Å². The molecule has 2 aromatic rings. The first-order chi connectivity index (χ1) is 14.3. The second kappa shape index (κ2) is 9.98. The molecule has 1 fully saturated rings. The maximum absolute atomic E-state index is 12.3. The van der Waals surface area contributed by atoms with Gasteiger partial charge in [-0.05, 0) is 81.0 Å². The molecule has 162 valence electrons. The van der Waals surface area contributed by atoms with Crippen molar-refractivity contribution < 1.29 is 17.9 Å². The summed E-state index contributed by atoms with van der Waals surface area (Å²) in [6, 6.07) is 14.8. The van der Waals surface area contributed by atoms with E-state index in [9.17, 15) is 13.2 Å². The number of carbonyl (C=O) groups excluding carboxylic acids is 1. The molecule has 0 bridgehead atoms. The third kappa shape index (κ3) is 6.49. The Kier molecular flexibility index (Phi) is 7.37. The molecule has 30 heavy (non-hydrogen) atoms. The number of hydrogen-bond acceptors (Lipinski definition) is 4. The second-order valence-electron chi connectivity index (χ2n) is 7.87. The summed E-state index contributed by atoms with van der Waals surface area (Å²) in [6.45, 7) is 2.17. The van der Waals surface area contributed by atoms with Gasteiger partial charge >= 0.3 is 0 Å². The molecule has 1 aliphatic rings. The van der Waals surface area contributed by atoms with Crippen LogP contribution in [0.5, 0.6) is 5.75 Å². The van der Waals surface area contributed by atoms with Crippen molar-refractivity contribution in [2.45, 2.75) is 51.6 Å². The first-order valence-corrected chi connectivity index (χ1v) is 12.3. The van der Waals surface area contributed by atoms with Crippen LogP contribution in [0.3, 0.4) is 0 Å². The quantitative estimate of drug-likeness (QED) is 0.635. The SMILES string of the molecule is Cc1cccc(N(CCCC(=O)Nc2ccc(OC3CCCC3)cc2)S(C)(=O)=O)c1. The van der Waals surface area contributed by atoms with Crippen molar-refractivity contribution in [3.05, 3.63) is 54.1 Å². The highest BCUT2D eigenvalue weighted by molar-refractivity contribution is 7.92. The van der Waals surface area contributed by atoms with Crippen LogP contribution < -0.4 is 14.4 Å². The van der Waals surface area contributed by atoms with Crippen LogP contribution in [0.1, 0.15) is 44.1 Å². The Morgan fingerprint density at radius 1 is 1.13 bits per heavy atom. The molecule has 1 saturated carbocycles.